The summed E-state index contributed by atoms with van der Waals surface area (Å²) < 4.78 is 103. The van der Waals surface area contributed by atoms with Crippen LogP contribution in [0.1, 0.15) is 73.5 Å². The number of fused-ring (bicyclic) bond motifs is 1. The second-order valence-corrected chi connectivity index (χ2v) is 15.6. The lowest BCUT2D eigenvalue weighted by molar-refractivity contribution is -0.136. The third-order valence-corrected chi connectivity index (χ3v) is 10.8. The van der Waals surface area contributed by atoms with Crippen LogP contribution in [0, 0.1) is 5.82 Å². The van der Waals surface area contributed by atoms with Crippen LogP contribution in [-0.2, 0) is 31.9 Å². The third kappa shape index (κ3) is 6.70. The fourth-order valence-electron chi connectivity index (χ4n) is 6.12. The fraction of sp³-hybridized carbons (Fsp3) is 0.400. The Hall–Kier alpha value is -3.88. The number of carbonyl (C=O) groups is 1. The Morgan fingerprint density at radius 3 is 2.18 bits per heavy atom. The molecule has 4 aromatic rings. The van der Waals surface area contributed by atoms with Crippen LogP contribution >= 0.6 is 0 Å². The van der Waals surface area contributed by atoms with E-state index in [0.29, 0.717) is 22.2 Å². The Labute approximate surface area is 282 Å². The van der Waals surface area contributed by atoms with Crippen molar-refractivity contribution in [2.45, 2.75) is 70.3 Å². The van der Waals surface area contributed by atoms with Gasteiger partial charge in [0.15, 0.2) is 0 Å². The molecule has 2 fully saturated rings. The number of carbonyl (C=O) groups excluding carboxylic acids is 1. The van der Waals surface area contributed by atoms with Gasteiger partial charge in [-0.1, -0.05) is 12.1 Å². The number of nitrogens with zero attached hydrogens (tertiary/aromatic N) is 1. The number of sulfonamides is 1. The van der Waals surface area contributed by atoms with E-state index in [2.05, 4.69) is 5.32 Å². The van der Waals surface area contributed by atoms with Crippen molar-refractivity contribution in [3.8, 4) is 11.3 Å². The van der Waals surface area contributed by atoms with Gasteiger partial charge in [0.1, 0.15) is 17.2 Å². The smallest absolute Gasteiger partial charge is 0.455 e. The molecule has 1 saturated carbocycles. The molecule has 1 aliphatic heterocycles. The Morgan fingerprint density at radius 1 is 1.00 bits per heavy atom. The van der Waals surface area contributed by atoms with Gasteiger partial charge in [0, 0.05) is 30.6 Å². The molecule has 0 radical (unpaired) electrons. The van der Waals surface area contributed by atoms with Gasteiger partial charge in [-0.15, -0.1) is 0 Å². The molecule has 1 amide bonds. The van der Waals surface area contributed by atoms with Crippen molar-refractivity contribution in [3.05, 3.63) is 82.7 Å². The number of anilines is 1. The summed E-state index contributed by atoms with van der Waals surface area (Å²) in [5.74, 6) is -0.687. The standard InChI is InChI=1S/C35H37BF4N2O6S/c1-33(2)34(3,4)48-36(47-33)27-14-7-20(17-26(27)35(38,39)40)15-16-42(49(6,44)45)28-19-29-25(18-24(28)21-8-9-21)30(32(43)41-5)31(46-29)22-10-12-23(37)13-11-22/h7,10-14,17-19,21H,8-9,15-16H2,1-6H3,(H,41,43). The number of halogens is 4. The molecule has 1 saturated heterocycles. The summed E-state index contributed by atoms with van der Waals surface area (Å²) in [6.07, 6.45) is -2.13. The average Bonchev–Trinajstić information content (AvgIpc) is 3.74. The summed E-state index contributed by atoms with van der Waals surface area (Å²) in [4.78, 5) is 13.1. The minimum Gasteiger partial charge on any atom is -0.455 e. The topological polar surface area (TPSA) is 98.1 Å². The van der Waals surface area contributed by atoms with E-state index in [4.69, 9.17) is 13.7 Å². The van der Waals surface area contributed by atoms with Crippen molar-refractivity contribution in [1.29, 1.82) is 0 Å². The molecule has 3 aromatic carbocycles. The minimum absolute atomic E-state index is 0.0152. The highest BCUT2D eigenvalue weighted by Gasteiger charge is 2.53. The van der Waals surface area contributed by atoms with Crippen molar-refractivity contribution in [1.82, 2.24) is 5.32 Å². The monoisotopic (exact) mass is 700 g/mol. The summed E-state index contributed by atoms with van der Waals surface area (Å²) in [5, 5.41) is 3.08. The SMILES string of the molecule is CNC(=O)c1c(-c2ccc(F)cc2)oc2cc(N(CCc3ccc(B4OC(C)(C)C(C)(C)O4)c(C(F)(F)F)c3)S(C)(=O)=O)c(C3CC3)cc12. The van der Waals surface area contributed by atoms with Crippen LogP contribution in [0.3, 0.4) is 0 Å². The molecular weight excluding hydrogens is 663 g/mol. The van der Waals surface area contributed by atoms with Gasteiger partial charge in [0.2, 0.25) is 10.0 Å². The molecule has 0 spiro atoms. The number of alkyl halides is 3. The van der Waals surface area contributed by atoms with Gasteiger partial charge in [-0.3, -0.25) is 9.10 Å². The number of furan rings is 1. The summed E-state index contributed by atoms with van der Waals surface area (Å²) >= 11 is 0. The molecule has 8 nitrogen and oxygen atoms in total. The van der Waals surface area contributed by atoms with Crippen LogP contribution in [0.15, 0.2) is 59.0 Å². The highest BCUT2D eigenvalue weighted by molar-refractivity contribution is 7.92. The molecule has 2 heterocycles. The van der Waals surface area contributed by atoms with Crippen molar-refractivity contribution in [2.75, 3.05) is 24.2 Å². The maximum Gasteiger partial charge on any atom is 0.495 e. The van der Waals surface area contributed by atoms with E-state index in [0.717, 1.165) is 25.2 Å². The number of hydrogen-bond donors (Lipinski definition) is 1. The average molecular weight is 701 g/mol. The first-order valence-corrected chi connectivity index (χ1v) is 17.8. The molecule has 1 N–H and O–H groups in total. The normalized spacial score (nSPS) is 17.5. The Kier molecular flexibility index (Phi) is 8.68. The van der Waals surface area contributed by atoms with Crippen molar-refractivity contribution < 1.29 is 44.5 Å². The number of benzene rings is 3. The first-order chi connectivity index (χ1) is 22.8. The maximum absolute atomic E-state index is 14.4. The first-order valence-electron chi connectivity index (χ1n) is 15.9. The number of rotatable bonds is 9. The van der Waals surface area contributed by atoms with Crippen LogP contribution < -0.4 is 15.1 Å². The van der Waals surface area contributed by atoms with Gasteiger partial charge in [0.25, 0.3) is 5.91 Å². The van der Waals surface area contributed by atoms with Crippen molar-refractivity contribution in [2.24, 2.45) is 0 Å². The minimum atomic E-state index is -4.72. The van der Waals surface area contributed by atoms with E-state index < -0.39 is 51.8 Å². The van der Waals surface area contributed by atoms with Crippen LogP contribution in [0.25, 0.3) is 22.3 Å². The number of nitrogens with one attached hydrogen (secondary N) is 1. The summed E-state index contributed by atoms with van der Waals surface area (Å²) in [5.41, 5.74) is -0.564. The molecule has 0 unspecified atom stereocenters. The highest BCUT2D eigenvalue weighted by Crippen LogP contribution is 2.48. The Bertz CT molecular complexity index is 2020. The van der Waals surface area contributed by atoms with E-state index in [9.17, 15) is 30.8 Å². The molecule has 1 aliphatic carbocycles. The lowest BCUT2D eigenvalue weighted by Crippen LogP contribution is -2.41. The quantitative estimate of drug-likeness (QED) is 0.152. The zero-order chi connectivity index (χ0) is 35.7. The lowest BCUT2D eigenvalue weighted by atomic mass is 9.75. The zero-order valence-electron chi connectivity index (χ0n) is 28.0. The highest BCUT2D eigenvalue weighted by atomic mass is 32.2. The third-order valence-electron chi connectivity index (χ3n) is 9.62. The molecule has 260 valence electrons. The molecular formula is C35H37BF4N2O6S. The molecule has 1 aromatic heterocycles. The molecule has 49 heavy (non-hydrogen) atoms. The second-order valence-electron chi connectivity index (χ2n) is 13.7. The van der Waals surface area contributed by atoms with E-state index in [1.807, 2.05) is 0 Å². The molecule has 14 heteroatoms. The largest absolute Gasteiger partial charge is 0.495 e. The second kappa shape index (κ2) is 12.2. The van der Waals surface area contributed by atoms with Gasteiger partial charge in [-0.25, -0.2) is 12.8 Å². The Balaban J connectivity index is 1.39. The first kappa shape index (κ1) is 35.0. The van der Waals surface area contributed by atoms with E-state index in [1.54, 1.807) is 39.8 Å². The Morgan fingerprint density at radius 2 is 1.63 bits per heavy atom. The van der Waals surface area contributed by atoms with Gasteiger partial charge in [-0.2, -0.15) is 13.2 Å². The summed E-state index contributed by atoms with van der Waals surface area (Å²) in [7, 11) is -3.70. The fourth-order valence-corrected chi connectivity index (χ4v) is 7.06. The maximum atomic E-state index is 14.4. The predicted molar refractivity (Wildman–Crippen MR) is 180 cm³/mol. The summed E-state index contributed by atoms with van der Waals surface area (Å²) in [6, 6.07) is 12.6. The van der Waals surface area contributed by atoms with E-state index in [1.165, 1.54) is 47.8 Å². The van der Waals surface area contributed by atoms with E-state index >= 15 is 0 Å². The molecule has 0 bridgehead atoms. The summed E-state index contributed by atoms with van der Waals surface area (Å²) in [6.45, 7) is 6.87. The number of amides is 1. The van der Waals surface area contributed by atoms with Crippen molar-refractivity contribution >= 4 is 45.2 Å². The molecule has 2 aliphatic rings. The lowest BCUT2D eigenvalue weighted by Gasteiger charge is -2.32. The predicted octanol–water partition coefficient (Wildman–Crippen LogP) is 6.80. The molecule has 6 rings (SSSR count). The van der Waals surface area contributed by atoms with Gasteiger partial charge in [0.05, 0.1) is 34.3 Å². The number of hydrogen-bond acceptors (Lipinski definition) is 6. The van der Waals surface area contributed by atoms with Crippen LogP contribution in [0.5, 0.6) is 0 Å². The van der Waals surface area contributed by atoms with Gasteiger partial charge < -0.3 is 19.0 Å². The van der Waals surface area contributed by atoms with Crippen LogP contribution in [0.4, 0.5) is 23.2 Å². The van der Waals surface area contributed by atoms with Crippen LogP contribution in [0.2, 0.25) is 0 Å². The van der Waals surface area contributed by atoms with Crippen LogP contribution in [-0.4, -0.2) is 52.5 Å². The van der Waals surface area contributed by atoms with Gasteiger partial charge in [-0.05, 0) is 106 Å². The molecule has 0 atom stereocenters. The van der Waals surface area contributed by atoms with E-state index in [-0.39, 0.29) is 46.8 Å². The van der Waals surface area contributed by atoms with Gasteiger partial charge >= 0.3 is 13.3 Å². The van der Waals surface area contributed by atoms with Crippen molar-refractivity contribution in [3.63, 3.8) is 0 Å². The zero-order valence-corrected chi connectivity index (χ0v) is 28.8.